The van der Waals surface area contributed by atoms with Crippen molar-refractivity contribution in [1.82, 2.24) is 9.97 Å². The van der Waals surface area contributed by atoms with Crippen LogP contribution in [0.25, 0.3) is 11.4 Å². The second-order valence-electron chi connectivity index (χ2n) is 3.44. The maximum Gasteiger partial charge on any atom is 4.00 e. The Morgan fingerprint density at radius 2 is 0.870 bits per heavy atom. The Labute approximate surface area is 150 Å². The van der Waals surface area contributed by atoms with Gasteiger partial charge in [0.15, 0.2) is 0 Å². The first kappa shape index (κ1) is 28.1. The fraction of sp³-hybridized carbons (Fsp3) is 0.125. The zero-order valence-electron chi connectivity index (χ0n) is 12.5. The van der Waals surface area contributed by atoms with E-state index in [4.69, 9.17) is 47.3 Å². The molecule has 0 radical (unpaired) electrons. The molecule has 0 spiro atoms. The van der Waals surface area contributed by atoms with Crippen LogP contribution in [0.4, 0.5) is 0 Å². The first-order valence-electron chi connectivity index (χ1n) is 5.51. The van der Waals surface area contributed by atoms with Crippen molar-refractivity contribution in [3.63, 3.8) is 0 Å². The molecule has 23 heavy (non-hydrogen) atoms. The molecule has 2 aromatic heterocycles. The zero-order chi connectivity index (χ0) is 18.0. The molecule has 0 aliphatic carbocycles. The van der Waals surface area contributed by atoms with Gasteiger partial charge in [-0.3, -0.25) is 9.97 Å². The van der Waals surface area contributed by atoms with E-state index in [1.807, 2.05) is 50.5 Å². The van der Waals surface area contributed by atoms with E-state index in [1.165, 1.54) is 11.1 Å². The van der Waals surface area contributed by atoms with Crippen molar-refractivity contribution in [2.24, 2.45) is 0 Å². The molecule has 114 valence electrons. The van der Waals surface area contributed by atoms with Crippen LogP contribution in [0.1, 0.15) is 11.1 Å². The molecular weight excluding hydrogens is 466 g/mol. The van der Waals surface area contributed by atoms with Gasteiger partial charge in [-0.1, -0.05) is 12.1 Å². The Bertz CT molecular complexity index is 514. The molecule has 0 saturated heterocycles. The van der Waals surface area contributed by atoms with Crippen LogP contribution in [-0.4, -0.2) is 9.97 Å². The molecule has 0 amide bonds. The van der Waals surface area contributed by atoms with Gasteiger partial charge in [0.2, 0.25) is 0 Å². The van der Waals surface area contributed by atoms with E-state index in [2.05, 4.69) is 9.97 Å². The van der Waals surface area contributed by atoms with Gasteiger partial charge in [-0.15, -0.1) is 0 Å². The Morgan fingerprint density at radius 1 is 0.609 bits per heavy atom. The minimum atomic E-state index is 0. The average molecular weight is 479 g/mol. The number of aromatic nitrogens is 2. The van der Waals surface area contributed by atoms with Gasteiger partial charge in [0.25, 0.3) is 0 Å². The maximum atomic E-state index is 6.25. The van der Waals surface area contributed by atoms with Crippen LogP contribution in [0.3, 0.4) is 0 Å². The number of rotatable bonds is 1. The molecule has 0 bridgehead atoms. The average Bonchev–Trinajstić information content (AvgIpc) is 2.63. The molecule has 0 aromatic carbocycles. The van der Waals surface area contributed by atoms with E-state index in [0.717, 1.165) is 11.4 Å². The summed E-state index contributed by atoms with van der Waals surface area (Å²) in [5, 5.41) is 25.0. The smallest absolute Gasteiger partial charge is 0.512 e. The molecule has 0 fully saturated rings. The standard InChI is InChI=1S/C12H12N2.4CN.Os/c1-9-3-5-11(13-7-9)12-6-4-10(2)8-14-12;4*1-2;/h3-8H,1-2H3;;;;;/q;4*-1;+4. The first-order chi connectivity index (χ1) is 10.8. The molecule has 0 unspecified atom stereocenters. The third-order valence-corrected chi connectivity index (χ3v) is 2.09. The number of nitrogens with zero attached hydrogens (tertiary/aromatic N) is 6. The fourth-order valence-corrected chi connectivity index (χ4v) is 1.24. The van der Waals surface area contributed by atoms with Gasteiger partial charge in [0, 0.05) is 12.4 Å². The molecule has 2 heterocycles. The van der Waals surface area contributed by atoms with E-state index in [1.54, 1.807) is 0 Å². The van der Waals surface area contributed by atoms with Crippen LogP contribution in [0.15, 0.2) is 36.7 Å². The van der Waals surface area contributed by atoms with E-state index >= 15 is 0 Å². The summed E-state index contributed by atoms with van der Waals surface area (Å²) in [4.78, 5) is 8.63. The predicted molar refractivity (Wildman–Crippen MR) is 76.8 cm³/mol. The van der Waals surface area contributed by atoms with Crippen LogP contribution >= 0.6 is 0 Å². The molecule has 2 aromatic rings. The molecular formula is C16H12N6Os. The van der Waals surface area contributed by atoms with E-state index in [-0.39, 0.29) is 19.8 Å². The Morgan fingerprint density at radius 3 is 1.04 bits per heavy atom. The van der Waals surface area contributed by atoms with E-state index in [0.29, 0.717) is 0 Å². The number of hydrogen-bond donors (Lipinski definition) is 0. The van der Waals surface area contributed by atoms with Crippen molar-refractivity contribution in [3.8, 4) is 11.4 Å². The second kappa shape index (κ2) is 21.2. The maximum absolute atomic E-state index is 6.25. The van der Waals surface area contributed by atoms with Gasteiger partial charge in [-0.25, -0.2) is 0 Å². The van der Waals surface area contributed by atoms with Crippen molar-refractivity contribution < 1.29 is 19.8 Å². The summed E-state index contributed by atoms with van der Waals surface area (Å²) in [5.41, 5.74) is 4.19. The fourth-order valence-electron chi connectivity index (χ4n) is 1.24. The number of aryl methyl sites for hydroxylation is 2. The summed E-state index contributed by atoms with van der Waals surface area (Å²) in [5.74, 6) is 0. The third-order valence-electron chi connectivity index (χ3n) is 2.09. The van der Waals surface area contributed by atoms with Gasteiger partial charge in [-0.05, 0) is 37.1 Å². The predicted octanol–water partition coefficient (Wildman–Crippen LogP) is 3.14. The van der Waals surface area contributed by atoms with Crippen LogP contribution in [0, 0.1) is 61.2 Å². The zero-order valence-corrected chi connectivity index (χ0v) is 15.0. The van der Waals surface area contributed by atoms with E-state index < -0.39 is 0 Å². The van der Waals surface area contributed by atoms with Gasteiger partial charge < -0.3 is 47.3 Å². The Hall–Kier alpha value is -3.10. The first-order valence-corrected chi connectivity index (χ1v) is 5.51. The summed E-state index contributed by atoms with van der Waals surface area (Å²) in [7, 11) is 0. The van der Waals surface area contributed by atoms with Crippen LogP contribution in [-0.2, 0) is 19.8 Å². The summed E-state index contributed by atoms with van der Waals surface area (Å²) in [6.45, 7) is 23.1. The Kier molecular flexibility index (Phi) is 25.9. The monoisotopic (exact) mass is 480 g/mol. The molecule has 0 aliphatic heterocycles. The quantitative estimate of drug-likeness (QED) is 0.581. The largest absolute Gasteiger partial charge is 4.00 e. The summed E-state index contributed by atoms with van der Waals surface area (Å²) in [6, 6.07) is 8.08. The van der Waals surface area contributed by atoms with Crippen LogP contribution in [0.5, 0.6) is 0 Å². The topological polar surface area (TPSA) is 121 Å². The molecule has 0 atom stereocenters. The van der Waals surface area contributed by atoms with Crippen LogP contribution in [0.2, 0.25) is 0 Å². The third kappa shape index (κ3) is 12.4. The molecule has 0 saturated carbocycles. The SMILES string of the molecule is Cc1ccc(-c2ccc(C)cn2)nc1.[C-]#N.[C-]#N.[C-]#N.[C-]#N.[Os+4]. The molecule has 6 nitrogen and oxygen atoms in total. The van der Waals surface area contributed by atoms with Crippen molar-refractivity contribution >= 4 is 0 Å². The van der Waals surface area contributed by atoms with Gasteiger partial charge >= 0.3 is 19.8 Å². The van der Waals surface area contributed by atoms with Gasteiger partial charge in [-0.2, -0.15) is 0 Å². The molecule has 0 aliphatic rings. The normalized spacial score (nSPS) is 6.52. The summed E-state index contributed by atoms with van der Waals surface area (Å²) < 4.78 is 0. The van der Waals surface area contributed by atoms with Gasteiger partial charge in [0.05, 0.1) is 11.4 Å². The summed E-state index contributed by atoms with van der Waals surface area (Å²) in [6.07, 6.45) is 3.72. The second-order valence-corrected chi connectivity index (χ2v) is 3.44. The Balaban J connectivity index is -0.000000176. The molecule has 2 rings (SSSR count). The van der Waals surface area contributed by atoms with Crippen molar-refractivity contribution in [1.29, 1.82) is 21.0 Å². The molecule has 0 N–H and O–H groups in total. The minimum Gasteiger partial charge on any atom is -0.512 e. The number of hydrogen-bond acceptors (Lipinski definition) is 6. The minimum absolute atomic E-state index is 0. The molecule has 7 heteroatoms. The van der Waals surface area contributed by atoms with Crippen molar-refractivity contribution in [2.45, 2.75) is 13.8 Å². The van der Waals surface area contributed by atoms with Crippen LogP contribution < -0.4 is 0 Å². The van der Waals surface area contributed by atoms with Crippen molar-refractivity contribution in [2.75, 3.05) is 0 Å². The van der Waals surface area contributed by atoms with Crippen molar-refractivity contribution in [3.05, 3.63) is 74.1 Å². The number of pyridine rings is 2. The van der Waals surface area contributed by atoms with Gasteiger partial charge in [0.1, 0.15) is 0 Å². The summed E-state index contributed by atoms with van der Waals surface area (Å²) >= 11 is 0. The van der Waals surface area contributed by atoms with E-state index in [9.17, 15) is 0 Å².